The van der Waals surface area contributed by atoms with Gasteiger partial charge in [0.2, 0.25) is 0 Å². The number of fused-ring (bicyclic) bond motifs is 1. The predicted octanol–water partition coefficient (Wildman–Crippen LogP) is 1.16. The number of nitrogens with one attached hydrogen (secondary N) is 1. The zero-order chi connectivity index (χ0) is 15.7. The molecule has 1 amide bonds. The topological polar surface area (TPSA) is 66.5 Å². The van der Waals surface area contributed by atoms with Gasteiger partial charge in [0.05, 0.1) is 4.90 Å². The van der Waals surface area contributed by atoms with E-state index in [1.165, 1.54) is 12.1 Å². The minimum Gasteiger partial charge on any atom is -0.339 e. The van der Waals surface area contributed by atoms with E-state index in [0.29, 0.717) is 17.4 Å². The van der Waals surface area contributed by atoms with E-state index in [0.717, 1.165) is 45.3 Å². The van der Waals surface area contributed by atoms with Crippen LogP contribution in [0, 0.1) is 11.8 Å². The van der Waals surface area contributed by atoms with E-state index in [-0.39, 0.29) is 10.8 Å². The Kier molecular flexibility index (Phi) is 4.23. The van der Waals surface area contributed by atoms with Crippen LogP contribution >= 0.6 is 0 Å². The standard InChI is InChI=1S/C16H22N2O3S/c1-22(20,21)15-4-2-3-12(9-15)16(19)18-7-5-13-10-17-11-14(13)6-8-18/h2-4,9,13-14,17H,5-8,10-11H2,1H3/t13-,14+. The fourth-order valence-corrected chi connectivity index (χ4v) is 4.13. The molecule has 0 aliphatic carbocycles. The number of carbonyl (C=O) groups is 1. The molecule has 5 nitrogen and oxygen atoms in total. The second-order valence-corrected chi connectivity index (χ2v) is 8.36. The zero-order valence-corrected chi connectivity index (χ0v) is 13.6. The highest BCUT2D eigenvalue weighted by Crippen LogP contribution is 2.27. The Morgan fingerprint density at radius 3 is 2.41 bits per heavy atom. The van der Waals surface area contributed by atoms with Crippen LogP contribution < -0.4 is 5.32 Å². The summed E-state index contributed by atoms with van der Waals surface area (Å²) >= 11 is 0. The Labute approximate surface area is 131 Å². The van der Waals surface area contributed by atoms with Gasteiger partial charge in [-0.1, -0.05) is 6.07 Å². The third kappa shape index (κ3) is 3.17. The monoisotopic (exact) mass is 322 g/mol. The van der Waals surface area contributed by atoms with Gasteiger partial charge in [0, 0.05) is 24.9 Å². The van der Waals surface area contributed by atoms with Crippen molar-refractivity contribution in [2.24, 2.45) is 11.8 Å². The highest BCUT2D eigenvalue weighted by atomic mass is 32.2. The van der Waals surface area contributed by atoms with Gasteiger partial charge in [0.15, 0.2) is 9.84 Å². The minimum atomic E-state index is -3.29. The van der Waals surface area contributed by atoms with Crippen molar-refractivity contribution < 1.29 is 13.2 Å². The molecule has 2 atom stereocenters. The Hall–Kier alpha value is -1.40. The molecule has 6 heteroatoms. The first-order valence-electron chi connectivity index (χ1n) is 7.75. The number of nitrogens with zero attached hydrogens (tertiary/aromatic N) is 1. The summed E-state index contributed by atoms with van der Waals surface area (Å²) in [6, 6.07) is 6.36. The maximum atomic E-state index is 12.7. The molecular formula is C16H22N2O3S. The zero-order valence-electron chi connectivity index (χ0n) is 12.8. The fraction of sp³-hybridized carbons (Fsp3) is 0.562. The maximum Gasteiger partial charge on any atom is 0.253 e. The van der Waals surface area contributed by atoms with Gasteiger partial charge in [0.25, 0.3) is 5.91 Å². The summed E-state index contributed by atoms with van der Waals surface area (Å²) in [6.45, 7) is 3.61. The Morgan fingerprint density at radius 1 is 1.18 bits per heavy atom. The number of hydrogen-bond donors (Lipinski definition) is 1. The number of carbonyl (C=O) groups excluding carboxylic acids is 1. The molecule has 22 heavy (non-hydrogen) atoms. The fourth-order valence-electron chi connectivity index (χ4n) is 3.46. The number of sulfone groups is 1. The number of amides is 1. The summed E-state index contributed by atoms with van der Waals surface area (Å²) in [7, 11) is -3.29. The van der Waals surface area contributed by atoms with Crippen LogP contribution in [0.1, 0.15) is 23.2 Å². The summed E-state index contributed by atoms with van der Waals surface area (Å²) in [5.41, 5.74) is 0.466. The molecule has 1 N–H and O–H groups in total. The lowest BCUT2D eigenvalue weighted by Gasteiger charge is -2.21. The van der Waals surface area contributed by atoms with Crippen molar-refractivity contribution >= 4 is 15.7 Å². The lowest BCUT2D eigenvalue weighted by Crippen LogP contribution is -2.32. The summed E-state index contributed by atoms with van der Waals surface area (Å²) < 4.78 is 23.3. The molecule has 120 valence electrons. The van der Waals surface area contributed by atoms with Gasteiger partial charge < -0.3 is 10.2 Å². The average molecular weight is 322 g/mol. The van der Waals surface area contributed by atoms with Gasteiger partial charge in [-0.25, -0.2) is 8.42 Å². The number of benzene rings is 1. The van der Waals surface area contributed by atoms with Crippen LogP contribution in [-0.4, -0.2) is 51.7 Å². The molecule has 1 aromatic rings. The van der Waals surface area contributed by atoms with Crippen LogP contribution in [0.3, 0.4) is 0 Å². The molecule has 0 radical (unpaired) electrons. The lowest BCUT2D eigenvalue weighted by molar-refractivity contribution is 0.0758. The molecule has 3 rings (SSSR count). The van der Waals surface area contributed by atoms with E-state index in [9.17, 15) is 13.2 Å². The Bertz CT molecular complexity index is 658. The first-order chi connectivity index (χ1) is 10.4. The summed E-state index contributed by atoms with van der Waals surface area (Å²) in [6.07, 6.45) is 3.21. The molecule has 2 saturated heterocycles. The van der Waals surface area contributed by atoms with Crippen LogP contribution in [0.2, 0.25) is 0 Å². The van der Waals surface area contributed by atoms with Crippen LogP contribution in [0.4, 0.5) is 0 Å². The van der Waals surface area contributed by atoms with Crippen molar-refractivity contribution in [2.75, 3.05) is 32.4 Å². The van der Waals surface area contributed by atoms with Gasteiger partial charge in [0.1, 0.15) is 0 Å². The highest BCUT2D eigenvalue weighted by Gasteiger charge is 2.31. The van der Waals surface area contributed by atoms with Crippen LogP contribution in [0.5, 0.6) is 0 Å². The van der Waals surface area contributed by atoms with E-state index in [1.54, 1.807) is 12.1 Å². The van der Waals surface area contributed by atoms with Crippen molar-refractivity contribution in [2.45, 2.75) is 17.7 Å². The number of hydrogen-bond acceptors (Lipinski definition) is 4. The summed E-state index contributed by atoms with van der Waals surface area (Å²) in [4.78, 5) is 14.7. The Morgan fingerprint density at radius 2 is 1.82 bits per heavy atom. The third-order valence-electron chi connectivity index (χ3n) is 4.82. The summed E-state index contributed by atoms with van der Waals surface area (Å²) in [5, 5.41) is 3.42. The second-order valence-electron chi connectivity index (χ2n) is 6.35. The molecule has 2 fully saturated rings. The quantitative estimate of drug-likeness (QED) is 0.887. The molecular weight excluding hydrogens is 300 g/mol. The molecule has 0 spiro atoms. The first kappa shape index (κ1) is 15.5. The smallest absolute Gasteiger partial charge is 0.253 e. The highest BCUT2D eigenvalue weighted by molar-refractivity contribution is 7.90. The van der Waals surface area contributed by atoms with E-state index >= 15 is 0 Å². The van der Waals surface area contributed by atoms with Gasteiger partial charge in [-0.2, -0.15) is 0 Å². The number of rotatable bonds is 2. The summed E-state index contributed by atoms with van der Waals surface area (Å²) in [5.74, 6) is 1.28. The molecule has 0 unspecified atom stereocenters. The average Bonchev–Trinajstić information content (AvgIpc) is 2.85. The molecule has 1 aromatic carbocycles. The molecule has 0 saturated carbocycles. The van der Waals surface area contributed by atoms with Crippen LogP contribution in [-0.2, 0) is 9.84 Å². The second kappa shape index (κ2) is 6.01. The lowest BCUT2D eigenvalue weighted by atomic mass is 9.92. The molecule has 2 heterocycles. The normalized spacial score (nSPS) is 25.6. The van der Waals surface area contributed by atoms with Gasteiger partial charge >= 0.3 is 0 Å². The van der Waals surface area contributed by atoms with Crippen LogP contribution in [0.15, 0.2) is 29.2 Å². The van der Waals surface area contributed by atoms with Crippen molar-refractivity contribution in [1.82, 2.24) is 10.2 Å². The molecule has 2 aliphatic heterocycles. The van der Waals surface area contributed by atoms with Crippen molar-refractivity contribution in [1.29, 1.82) is 0 Å². The van der Waals surface area contributed by atoms with Gasteiger partial charge in [-0.15, -0.1) is 0 Å². The Balaban J connectivity index is 1.76. The third-order valence-corrected chi connectivity index (χ3v) is 5.93. The van der Waals surface area contributed by atoms with Crippen molar-refractivity contribution in [3.8, 4) is 0 Å². The predicted molar refractivity (Wildman–Crippen MR) is 84.5 cm³/mol. The molecule has 2 aliphatic rings. The van der Waals surface area contributed by atoms with Crippen molar-refractivity contribution in [3.63, 3.8) is 0 Å². The SMILES string of the molecule is CS(=O)(=O)c1cccc(C(=O)N2CC[C@@H]3CNC[C@@H]3CC2)c1. The minimum absolute atomic E-state index is 0.0570. The first-order valence-corrected chi connectivity index (χ1v) is 9.64. The van der Waals surface area contributed by atoms with Gasteiger partial charge in [-0.05, 0) is 56.0 Å². The maximum absolute atomic E-state index is 12.7. The van der Waals surface area contributed by atoms with E-state index in [4.69, 9.17) is 0 Å². The van der Waals surface area contributed by atoms with E-state index < -0.39 is 9.84 Å². The molecule has 0 bridgehead atoms. The van der Waals surface area contributed by atoms with Crippen molar-refractivity contribution in [3.05, 3.63) is 29.8 Å². The van der Waals surface area contributed by atoms with E-state index in [1.807, 2.05) is 4.90 Å². The largest absolute Gasteiger partial charge is 0.339 e. The molecule has 0 aromatic heterocycles. The number of likely N-dealkylation sites (tertiary alicyclic amines) is 1. The van der Waals surface area contributed by atoms with Gasteiger partial charge in [-0.3, -0.25) is 4.79 Å². The van der Waals surface area contributed by atoms with Crippen LogP contribution in [0.25, 0.3) is 0 Å². The van der Waals surface area contributed by atoms with E-state index in [2.05, 4.69) is 5.32 Å².